The third kappa shape index (κ3) is 3.74. The maximum Gasteiger partial charge on any atom is 0.466 e. The second-order valence-corrected chi connectivity index (χ2v) is 30.8. The predicted molar refractivity (Wildman–Crippen MR) is 81.5 cm³/mol. The van der Waals surface area contributed by atoms with Crippen molar-refractivity contribution in [2.24, 2.45) is 0 Å². The van der Waals surface area contributed by atoms with Crippen LogP contribution in [-0.2, 0) is 13.3 Å². The highest BCUT2D eigenvalue weighted by Gasteiger charge is 2.62. The molecule has 0 unspecified atom stereocenters. The maximum absolute atomic E-state index is 6.09. The Morgan fingerprint density at radius 1 is 0.647 bits per heavy atom. The molecule has 104 valence electrons. The maximum atomic E-state index is 6.09. The fourth-order valence-electron chi connectivity index (χ4n) is 1.70. The third-order valence-electron chi connectivity index (χ3n) is 3.64. The first-order valence-corrected chi connectivity index (χ1v) is 16.8. The van der Waals surface area contributed by atoms with Crippen LogP contribution in [0.5, 0.6) is 0 Å². The molecule has 0 aromatic heterocycles. The monoisotopic (exact) mass is 294 g/mol. The van der Waals surface area contributed by atoms with E-state index in [0.717, 1.165) is 0 Å². The summed E-state index contributed by atoms with van der Waals surface area (Å²) in [4.78, 5) is 0. The Bertz CT molecular complexity index is 209. The lowest BCUT2D eigenvalue weighted by Crippen LogP contribution is -2.75. The lowest BCUT2D eigenvalue weighted by atomic mass is 10.9. The van der Waals surface area contributed by atoms with Crippen LogP contribution in [0, 0.1) is 0 Å². The molecule has 0 aromatic rings. The van der Waals surface area contributed by atoms with Gasteiger partial charge in [0, 0.05) is 27.4 Å². The Hall–Kier alpha value is 0.531. The largest absolute Gasteiger partial charge is 0.466 e. The zero-order valence-electron chi connectivity index (χ0n) is 12.8. The second-order valence-electron chi connectivity index (χ2n) is 5.73. The fraction of sp³-hybridized carbons (Fsp3) is 1.00. The molecule has 0 heterocycles. The molecule has 3 nitrogen and oxygen atoms in total. The van der Waals surface area contributed by atoms with Crippen LogP contribution in [-0.4, -0.2) is 42.8 Å². The average molecular weight is 295 g/mol. The highest BCUT2D eigenvalue weighted by Crippen LogP contribution is 2.31. The Morgan fingerprint density at radius 3 is 1.12 bits per heavy atom. The second kappa shape index (κ2) is 6.63. The van der Waals surface area contributed by atoms with E-state index in [0.29, 0.717) is 19.8 Å². The molecule has 0 saturated heterocycles. The van der Waals surface area contributed by atoms with E-state index in [9.17, 15) is 0 Å². The molecule has 0 saturated carbocycles. The molecular weight excluding hydrogens is 264 g/mol. The molecule has 0 aromatic carbocycles. The quantitative estimate of drug-likeness (QED) is 0.643. The van der Waals surface area contributed by atoms with E-state index in [-0.39, 0.29) is 0 Å². The molecule has 0 rings (SSSR count). The van der Waals surface area contributed by atoms with Crippen LogP contribution in [0.2, 0.25) is 32.7 Å². The molecular formula is C11H30O3Si3. The van der Waals surface area contributed by atoms with Crippen molar-refractivity contribution in [2.45, 2.75) is 53.5 Å². The third-order valence-corrected chi connectivity index (χ3v) is 37.6. The van der Waals surface area contributed by atoms with Crippen LogP contribution in [0.1, 0.15) is 20.8 Å². The summed E-state index contributed by atoms with van der Waals surface area (Å²) >= 11 is 0. The van der Waals surface area contributed by atoms with E-state index in [1.165, 1.54) is 0 Å². The summed E-state index contributed by atoms with van der Waals surface area (Å²) in [6.45, 7) is 20.2. The Labute approximate surface area is 110 Å². The molecule has 0 fully saturated rings. The molecule has 17 heavy (non-hydrogen) atoms. The minimum Gasteiger partial charge on any atom is -0.377 e. The summed E-state index contributed by atoms with van der Waals surface area (Å²) in [5.41, 5.74) is 0. The topological polar surface area (TPSA) is 27.7 Å². The van der Waals surface area contributed by atoms with Gasteiger partial charge >= 0.3 is 8.32 Å². The normalized spacial score (nSPS) is 14.1. The summed E-state index contributed by atoms with van der Waals surface area (Å²) in [5.74, 6) is 0. The van der Waals surface area contributed by atoms with Crippen LogP contribution in [0.25, 0.3) is 0 Å². The van der Waals surface area contributed by atoms with E-state index < -0.39 is 23.0 Å². The molecule has 6 heteroatoms. The van der Waals surface area contributed by atoms with E-state index in [1.807, 2.05) is 20.8 Å². The van der Waals surface area contributed by atoms with Gasteiger partial charge in [-0.2, -0.15) is 0 Å². The minimum absolute atomic E-state index is 0.688. The van der Waals surface area contributed by atoms with Crippen molar-refractivity contribution in [2.75, 3.05) is 19.8 Å². The molecule has 0 radical (unpaired) electrons. The highest BCUT2D eigenvalue weighted by molar-refractivity contribution is 7.65. The van der Waals surface area contributed by atoms with E-state index in [4.69, 9.17) is 13.3 Å². The van der Waals surface area contributed by atoms with Gasteiger partial charge < -0.3 is 13.3 Å². The summed E-state index contributed by atoms with van der Waals surface area (Å²) < 4.78 is 18.3. The van der Waals surface area contributed by atoms with Gasteiger partial charge in [-0.1, -0.05) is 32.7 Å². The first-order chi connectivity index (χ1) is 7.68. The predicted octanol–water partition coefficient (Wildman–Crippen LogP) is 3.24. The van der Waals surface area contributed by atoms with Crippen molar-refractivity contribution in [3.63, 3.8) is 0 Å². The molecule has 0 spiro atoms. The molecule has 0 atom stereocenters. The molecule has 0 amide bonds. The van der Waals surface area contributed by atoms with Gasteiger partial charge in [-0.25, -0.2) is 0 Å². The van der Waals surface area contributed by atoms with Crippen LogP contribution >= 0.6 is 0 Å². The summed E-state index contributed by atoms with van der Waals surface area (Å²) in [5, 5.41) is 0. The van der Waals surface area contributed by atoms with Crippen molar-refractivity contribution in [3.8, 4) is 0 Å². The van der Waals surface area contributed by atoms with Crippen molar-refractivity contribution in [1.29, 1.82) is 0 Å². The molecule has 0 aliphatic rings. The smallest absolute Gasteiger partial charge is 0.377 e. The highest BCUT2D eigenvalue weighted by atomic mass is 29.7. The van der Waals surface area contributed by atoms with E-state index in [1.54, 1.807) is 0 Å². The average Bonchev–Trinajstić information content (AvgIpc) is 2.16. The minimum atomic E-state index is -2.46. The fourth-order valence-corrected chi connectivity index (χ4v) is 22.6. The van der Waals surface area contributed by atoms with Crippen LogP contribution < -0.4 is 0 Å². The Morgan fingerprint density at radius 2 is 0.941 bits per heavy atom. The summed E-state index contributed by atoms with van der Waals surface area (Å²) in [6.07, 6.45) is 0. The van der Waals surface area contributed by atoms with Gasteiger partial charge in [0.05, 0.1) is 0 Å². The van der Waals surface area contributed by atoms with Gasteiger partial charge in [0.2, 0.25) is 0 Å². The number of hydrogen-bond acceptors (Lipinski definition) is 3. The molecule has 0 aliphatic carbocycles. The Balaban J connectivity index is 5.38. The standard InChI is InChI=1S/C11H30O3Si3/c1-9-12-17(13-10-2,14-11-3)16(7,8)15(4,5)6/h9-11H2,1-8H3. The zero-order chi connectivity index (χ0) is 13.7. The van der Waals surface area contributed by atoms with Crippen molar-refractivity contribution < 1.29 is 13.3 Å². The SMILES string of the molecule is CCO[Si](OCC)(OCC)[Si](C)(C)[Si](C)(C)C. The molecule has 0 bridgehead atoms. The summed E-state index contributed by atoms with van der Waals surface area (Å²) in [7, 11) is -5.40. The summed E-state index contributed by atoms with van der Waals surface area (Å²) in [6, 6.07) is 0. The van der Waals surface area contributed by atoms with E-state index in [2.05, 4.69) is 32.7 Å². The van der Waals surface area contributed by atoms with Gasteiger partial charge in [-0.05, 0) is 20.8 Å². The number of hydrogen-bond donors (Lipinski definition) is 0. The first kappa shape index (κ1) is 17.5. The van der Waals surface area contributed by atoms with Gasteiger partial charge in [0.25, 0.3) is 0 Å². The van der Waals surface area contributed by atoms with Gasteiger partial charge in [0.15, 0.2) is 0 Å². The van der Waals surface area contributed by atoms with Crippen molar-refractivity contribution in [3.05, 3.63) is 0 Å². The molecule has 0 N–H and O–H groups in total. The van der Waals surface area contributed by atoms with Crippen molar-refractivity contribution in [1.82, 2.24) is 0 Å². The van der Waals surface area contributed by atoms with Gasteiger partial charge in [0.1, 0.15) is 7.11 Å². The van der Waals surface area contributed by atoms with Crippen molar-refractivity contribution >= 4 is 23.0 Å². The van der Waals surface area contributed by atoms with Crippen LogP contribution in [0.3, 0.4) is 0 Å². The zero-order valence-corrected chi connectivity index (χ0v) is 15.8. The first-order valence-electron chi connectivity index (χ1n) is 6.60. The Kier molecular flexibility index (Phi) is 6.83. The lowest BCUT2D eigenvalue weighted by Gasteiger charge is -2.46. The van der Waals surface area contributed by atoms with Crippen LogP contribution in [0.15, 0.2) is 0 Å². The van der Waals surface area contributed by atoms with Crippen LogP contribution in [0.4, 0.5) is 0 Å². The molecule has 0 aliphatic heterocycles. The van der Waals surface area contributed by atoms with Gasteiger partial charge in [-0.15, -0.1) is 0 Å². The van der Waals surface area contributed by atoms with E-state index >= 15 is 0 Å². The number of rotatable bonds is 8. The van der Waals surface area contributed by atoms with Gasteiger partial charge in [-0.3, -0.25) is 0 Å². The lowest BCUT2D eigenvalue weighted by molar-refractivity contribution is 0.0912.